The summed E-state index contributed by atoms with van der Waals surface area (Å²) in [5.74, 6) is 0.839. The molecule has 1 aliphatic heterocycles. The molecule has 0 fully saturated rings. The van der Waals surface area contributed by atoms with Gasteiger partial charge in [-0.1, -0.05) is 12.1 Å². The van der Waals surface area contributed by atoms with Crippen LogP contribution in [0.2, 0.25) is 0 Å². The van der Waals surface area contributed by atoms with Crippen LogP contribution in [-0.2, 0) is 0 Å². The van der Waals surface area contributed by atoms with Crippen molar-refractivity contribution in [3.8, 4) is 5.75 Å². The van der Waals surface area contributed by atoms with Crippen LogP contribution < -0.4 is 10.5 Å². The van der Waals surface area contributed by atoms with Crippen molar-refractivity contribution in [2.24, 2.45) is 10.8 Å². The van der Waals surface area contributed by atoms with Crippen LogP contribution >= 0.6 is 12.2 Å². The molecule has 4 nitrogen and oxygen atoms in total. The van der Waals surface area contributed by atoms with E-state index in [1.807, 2.05) is 31.2 Å². The molecule has 1 heterocycles. The standard InChI is InChI=1S/C12H15N3OS/c1-8-7-11(15(14-8)12(13)17)9-3-5-10(16-2)6-4-9/h3-6,11H,7H2,1-2H3,(H2,13,17)/t11-/m0/s1. The van der Waals surface area contributed by atoms with E-state index in [1.165, 1.54) is 0 Å². The van der Waals surface area contributed by atoms with Crippen molar-refractivity contribution in [1.29, 1.82) is 0 Å². The zero-order valence-corrected chi connectivity index (χ0v) is 10.7. The summed E-state index contributed by atoms with van der Waals surface area (Å²) in [5, 5.41) is 6.35. The Hall–Kier alpha value is -1.62. The molecule has 2 N–H and O–H groups in total. The van der Waals surface area contributed by atoms with E-state index in [4.69, 9.17) is 22.7 Å². The van der Waals surface area contributed by atoms with Crippen LogP contribution in [0.3, 0.4) is 0 Å². The number of benzene rings is 1. The average Bonchev–Trinajstić information content (AvgIpc) is 2.72. The molecule has 0 spiro atoms. The zero-order chi connectivity index (χ0) is 12.4. The third kappa shape index (κ3) is 2.39. The van der Waals surface area contributed by atoms with Gasteiger partial charge in [0.2, 0.25) is 0 Å². The number of hydrazone groups is 1. The van der Waals surface area contributed by atoms with Crippen LogP contribution in [-0.4, -0.2) is 22.9 Å². The third-order valence-corrected chi connectivity index (χ3v) is 2.98. The second-order valence-corrected chi connectivity index (χ2v) is 4.43. The highest BCUT2D eigenvalue weighted by molar-refractivity contribution is 7.80. The molecular weight excluding hydrogens is 234 g/mol. The Morgan fingerprint density at radius 3 is 2.65 bits per heavy atom. The first-order chi connectivity index (χ1) is 8.11. The molecule has 1 aromatic carbocycles. The first-order valence-corrected chi connectivity index (χ1v) is 5.79. The second-order valence-electron chi connectivity index (χ2n) is 4.01. The molecule has 0 bridgehead atoms. The van der Waals surface area contributed by atoms with E-state index in [-0.39, 0.29) is 6.04 Å². The summed E-state index contributed by atoms with van der Waals surface area (Å²) >= 11 is 5.01. The fourth-order valence-electron chi connectivity index (χ4n) is 1.95. The van der Waals surface area contributed by atoms with Crippen LogP contribution in [0, 0.1) is 0 Å². The van der Waals surface area contributed by atoms with Gasteiger partial charge in [0.25, 0.3) is 0 Å². The molecule has 0 unspecified atom stereocenters. The number of thiocarbonyl (C=S) groups is 1. The lowest BCUT2D eigenvalue weighted by atomic mass is 10.0. The Kier molecular flexibility index (Phi) is 3.28. The third-order valence-electron chi connectivity index (χ3n) is 2.79. The number of nitrogens with zero attached hydrogens (tertiary/aromatic N) is 2. The van der Waals surface area contributed by atoms with Gasteiger partial charge in [0.15, 0.2) is 5.11 Å². The highest BCUT2D eigenvalue weighted by Crippen LogP contribution is 2.31. The smallest absolute Gasteiger partial charge is 0.187 e. The summed E-state index contributed by atoms with van der Waals surface area (Å²) in [6.07, 6.45) is 0.851. The molecule has 5 heteroatoms. The van der Waals surface area contributed by atoms with E-state index in [0.29, 0.717) is 5.11 Å². The molecular formula is C12H15N3OS. The van der Waals surface area contributed by atoms with Gasteiger partial charge in [-0.3, -0.25) is 0 Å². The van der Waals surface area contributed by atoms with Crippen LogP contribution in [0.15, 0.2) is 29.4 Å². The fraction of sp³-hybridized carbons (Fsp3) is 0.333. The molecule has 0 aromatic heterocycles. The molecule has 0 amide bonds. The van der Waals surface area contributed by atoms with Crippen molar-refractivity contribution >= 4 is 23.0 Å². The molecule has 0 radical (unpaired) electrons. The van der Waals surface area contributed by atoms with Crippen LogP contribution in [0.5, 0.6) is 5.75 Å². The Labute approximate surface area is 106 Å². The topological polar surface area (TPSA) is 50.8 Å². The predicted molar refractivity (Wildman–Crippen MR) is 72.1 cm³/mol. The predicted octanol–water partition coefficient (Wildman–Crippen LogP) is 2.06. The Morgan fingerprint density at radius 2 is 2.12 bits per heavy atom. The van der Waals surface area contributed by atoms with E-state index >= 15 is 0 Å². The second kappa shape index (κ2) is 4.71. The van der Waals surface area contributed by atoms with Crippen molar-refractivity contribution in [1.82, 2.24) is 5.01 Å². The van der Waals surface area contributed by atoms with E-state index < -0.39 is 0 Å². The number of nitrogens with two attached hydrogens (primary N) is 1. The van der Waals surface area contributed by atoms with Gasteiger partial charge in [-0.05, 0) is 36.8 Å². The van der Waals surface area contributed by atoms with Crippen molar-refractivity contribution in [2.75, 3.05) is 7.11 Å². The largest absolute Gasteiger partial charge is 0.497 e. The van der Waals surface area contributed by atoms with Crippen molar-refractivity contribution in [2.45, 2.75) is 19.4 Å². The molecule has 2 rings (SSSR count). The monoisotopic (exact) mass is 249 g/mol. The van der Waals surface area contributed by atoms with Gasteiger partial charge in [0.1, 0.15) is 5.75 Å². The highest BCUT2D eigenvalue weighted by Gasteiger charge is 2.27. The molecule has 1 atom stereocenters. The molecule has 1 aromatic rings. The normalized spacial score (nSPS) is 19.1. The van der Waals surface area contributed by atoms with Crippen LogP contribution in [0.1, 0.15) is 24.9 Å². The molecule has 17 heavy (non-hydrogen) atoms. The van der Waals surface area contributed by atoms with Gasteiger partial charge in [0, 0.05) is 12.1 Å². The maximum Gasteiger partial charge on any atom is 0.187 e. The number of methoxy groups -OCH3 is 1. The first-order valence-electron chi connectivity index (χ1n) is 5.38. The van der Waals surface area contributed by atoms with E-state index in [0.717, 1.165) is 23.4 Å². The van der Waals surface area contributed by atoms with Gasteiger partial charge in [-0.2, -0.15) is 5.10 Å². The summed E-state index contributed by atoms with van der Waals surface area (Å²) in [5.41, 5.74) is 7.85. The first kappa shape index (κ1) is 11.9. The lowest BCUT2D eigenvalue weighted by Crippen LogP contribution is -2.31. The molecule has 90 valence electrons. The van der Waals surface area contributed by atoms with Gasteiger partial charge in [0.05, 0.1) is 13.2 Å². The molecule has 0 saturated heterocycles. The average molecular weight is 249 g/mol. The minimum Gasteiger partial charge on any atom is -0.497 e. The Morgan fingerprint density at radius 1 is 1.47 bits per heavy atom. The van der Waals surface area contributed by atoms with Crippen molar-refractivity contribution < 1.29 is 4.74 Å². The number of hydrogen-bond donors (Lipinski definition) is 1. The Balaban J connectivity index is 2.24. The van der Waals surface area contributed by atoms with Gasteiger partial charge >= 0.3 is 0 Å². The molecule has 1 aliphatic rings. The summed E-state index contributed by atoms with van der Waals surface area (Å²) in [4.78, 5) is 0. The maximum atomic E-state index is 5.67. The van der Waals surface area contributed by atoms with Crippen molar-refractivity contribution in [3.05, 3.63) is 29.8 Å². The van der Waals surface area contributed by atoms with Crippen molar-refractivity contribution in [3.63, 3.8) is 0 Å². The van der Waals surface area contributed by atoms with Gasteiger partial charge < -0.3 is 10.5 Å². The lowest BCUT2D eigenvalue weighted by Gasteiger charge is -2.22. The summed E-state index contributed by atoms with van der Waals surface area (Å²) < 4.78 is 5.13. The summed E-state index contributed by atoms with van der Waals surface area (Å²) in [6.45, 7) is 1.98. The SMILES string of the molecule is COc1ccc([C@@H]2CC(C)=NN2C(N)=S)cc1. The van der Waals surface area contributed by atoms with E-state index in [9.17, 15) is 0 Å². The minimum absolute atomic E-state index is 0.110. The Bertz CT molecular complexity index is 455. The molecule has 0 aliphatic carbocycles. The summed E-state index contributed by atoms with van der Waals surface area (Å²) in [6, 6.07) is 8.01. The molecule has 0 saturated carbocycles. The van der Waals surface area contributed by atoms with Gasteiger partial charge in [-0.15, -0.1) is 0 Å². The summed E-state index contributed by atoms with van der Waals surface area (Å²) in [7, 11) is 1.65. The van der Waals surface area contributed by atoms with E-state index in [1.54, 1.807) is 12.1 Å². The fourth-order valence-corrected chi connectivity index (χ4v) is 2.12. The van der Waals surface area contributed by atoms with Gasteiger partial charge in [-0.25, -0.2) is 5.01 Å². The highest BCUT2D eigenvalue weighted by atomic mass is 32.1. The number of hydrogen-bond acceptors (Lipinski definition) is 3. The zero-order valence-electron chi connectivity index (χ0n) is 9.88. The quantitative estimate of drug-likeness (QED) is 0.815. The maximum absolute atomic E-state index is 5.67. The van der Waals surface area contributed by atoms with Crippen LogP contribution in [0.25, 0.3) is 0 Å². The lowest BCUT2D eigenvalue weighted by molar-refractivity contribution is 0.371. The minimum atomic E-state index is 0.110. The van der Waals surface area contributed by atoms with E-state index in [2.05, 4.69) is 5.10 Å². The number of ether oxygens (including phenoxy) is 1. The number of rotatable bonds is 2. The van der Waals surface area contributed by atoms with Crippen LogP contribution in [0.4, 0.5) is 0 Å².